The molecule has 1 saturated carbocycles. The zero-order valence-corrected chi connectivity index (χ0v) is 15.1. The number of hydrogen-bond donors (Lipinski definition) is 1. The second-order valence-corrected chi connectivity index (χ2v) is 7.73. The molecule has 27 heavy (non-hydrogen) atoms. The molecule has 1 aromatic rings. The Balaban J connectivity index is 1.68. The summed E-state index contributed by atoms with van der Waals surface area (Å²) in [7, 11) is 0. The molecule has 1 N–H and O–H groups in total. The number of likely N-dealkylation sites (tertiary alicyclic amines) is 1. The Hall–Kier alpha value is -2.44. The molecule has 0 aromatic heterocycles. The van der Waals surface area contributed by atoms with Crippen LogP contribution >= 0.6 is 0 Å². The third-order valence-corrected chi connectivity index (χ3v) is 6.17. The topological polar surface area (TPSA) is 77.9 Å². The zero-order valence-electron chi connectivity index (χ0n) is 15.1. The van der Waals surface area contributed by atoms with E-state index in [9.17, 15) is 23.9 Å². The lowest BCUT2D eigenvalue weighted by atomic mass is 9.84. The second-order valence-electron chi connectivity index (χ2n) is 7.73. The number of carboxylic acids is 1. The van der Waals surface area contributed by atoms with Crippen LogP contribution in [0.4, 0.5) is 10.1 Å². The van der Waals surface area contributed by atoms with Crippen molar-refractivity contribution >= 4 is 23.5 Å². The lowest BCUT2D eigenvalue weighted by Gasteiger charge is -2.33. The van der Waals surface area contributed by atoms with E-state index in [2.05, 4.69) is 0 Å². The van der Waals surface area contributed by atoms with Crippen molar-refractivity contribution < 1.29 is 23.9 Å². The predicted octanol–water partition coefficient (Wildman–Crippen LogP) is 2.81. The summed E-state index contributed by atoms with van der Waals surface area (Å²) in [5.74, 6) is -2.18. The highest BCUT2D eigenvalue weighted by Crippen LogP contribution is 2.41. The number of carboxylic acid groups (broad SMARTS) is 1. The van der Waals surface area contributed by atoms with Crippen molar-refractivity contribution in [2.45, 2.75) is 57.0 Å². The van der Waals surface area contributed by atoms with E-state index < -0.39 is 23.7 Å². The van der Waals surface area contributed by atoms with Gasteiger partial charge >= 0.3 is 5.97 Å². The maximum atomic E-state index is 14.5. The zero-order chi connectivity index (χ0) is 19.1. The van der Waals surface area contributed by atoms with E-state index in [1.54, 1.807) is 4.90 Å². The molecule has 144 valence electrons. The molecule has 3 aliphatic rings. The van der Waals surface area contributed by atoms with Crippen molar-refractivity contribution in [3.8, 4) is 0 Å². The Bertz CT molecular complexity index is 796. The number of anilines is 1. The summed E-state index contributed by atoms with van der Waals surface area (Å²) < 4.78 is 14.5. The van der Waals surface area contributed by atoms with E-state index in [1.807, 2.05) is 0 Å². The van der Waals surface area contributed by atoms with Gasteiger partial charge in [0.15, 0.2) is 0 Å². The van der Waals surface area contributed by atoms with Crippen molar-refractivity contribution in [3.05, 3.63) is 29.6 Å². The summed E-state index contributed by atoms with van der Waals surface area (Å²) in [6, 6.07) is 3.03. The van der Waals surface area contributed by atoms with Gasteiger partial charge in [0.1, 0.15) is 11.9 Å². The van der Waals surface area contributed by atoms with Gasteiger partial charge in [-0.05, 0) is 49.8 Å². The van der Waals surface area contributed by atoms with Crippen LogP contribution in [0, 0.1) is 11.7 Å². The molecule has 7 heteroatoms. The first-order chi connectivity index (χ1) is 13.0. The molecule has 0 unspecified atom stereocenters. The predicted molar refractivity (Wildman–Crippen MR) is 95.9 cm³/mol. The van der Waals surface area contributed by atoms with Crippen LogP contribution in [-0.4, -0.2) is 46.4 Å². The first kappa shape index (κ1) is 17.9. The molecule has 3 atom stereocenters. The normalized spacial score (nSPS) is 27.7. The lowest BCUT2D eigenvalue weighted by Crippen LogP contribution is -2.46. The number of fused-ring (bicyclic) bond motifs is 1. The summed E-state index contributed by atoms with van der Waals surface area (Å²) >= 11 is 0. The number of rotatable bonds is 3. The van der Waals surface area contributed by atoms with E-state index in [-0.39, 0.29) is 23.4 Å². The molecule has 6 nitrogen and oxygen atoms in total. The molecule has 2 aliphatic heterocycles. The van der Waals surface area contributed by atoms with E-state index in [0.717, 1.165) is 32.1 Å². The minimum atomic E-state index is -1.04. The number of benzene rings is 1. The van der Waals surface area contributed by atoms with Crippen molar-refractivity contribution in [2.24, 2.45) is 5.92 Å². The van der Waals surface area contributed by atoms with Gasteiger partial charge in [0, 0.05) is 24.7 Å². The van der Waals surface area contributed by atoms with E-state index in [4.69, 9.17) is 0 Å². The van der Waals surface area contributed by atoms with Crippen LogP contribution in [0.5, 0.6) is 0 Å². The first-order valence-electron chi connectivity index (χ1n) is 9.62. The van der Waals surface area contributed by atoms with Gasteiger partial charge < -0.3 is 14.9 Å². The summed E-state index contributed by atoms with van der Waals surface area (Å²) in [5.41, 5.74) is 0.346. The molecule has 4 rings (SSSR count). The Morgan fingerprint density at radius 2 is 1.93 bits per heavy atom. The maximum absolute atomic E-state index is 14.5. The molecule has 0 bridgehead atoms. The van der Waals surface area contributed by atoms with Gasteiger partial charge in [-0.15, -0.1) is 0 Å². The summed E-state index contributed by atoms with van der Waals surface area (Å²) in [4.78, 5) is 39.9. The van der Waals surface area contributed by atoms with Gasteiger partial charge in [-0.2, -0.15) is 0 Å². The number of halogens is 1. The maximum Gasteiger partial charge on any atom is 0.326 e. The fourth-order valence-electron chi connectivity index (χ4n) is 4.88. The molecule has 1 aromatic carbocycles. The number of amides is 2. The van der Waals surface area contributed by atoms with E-state index in [0.29, 0.717) is 25.1 Å². The average molecular weight is 374 g/mol. The van der Waals surface area contributed by atoms with Crippen LogP contribution in [0.3, 0.4) is 0 Å². The standard InChI is InChI=1S/C20H23FN2O4/c21-15-8-7-13(22-9-3-6-18(22)24)11-14(15)19(25)23-16-5-2-1-4-12(16)10-17(23)20(26)27/h7-8,11-12,16-17H,1-6,9-10H2,(H,26,27)/t12-,16+,17-/m0/s1. The SMILES string of the molecule is O=C(O)[C@@H]1C[C@@H]2CCCC[C@H]2N1C(=O)c1cc(N2CCCC2=O)ccc1F. The molecule has 0 radical (unpaired) electrons. The minimum absolute atomic E-state index is 0.0445. The number of aliphatic carboxylic acids is 1. The second kappa shape index (κ2) is 6.94. The van der Waals surface area contributed by atoms with Gasteiger partial charge in [-0.3, -0.25) is 9.59 Å². The summed E-state index contributed by atoms with van der Waals surface area (Å²) in [6.45, 7) is 0.546. The number of nitrogens with zero attached hydrogens (tertiary/aromatic N) is 2. The van der Waals surface area contributed by atoms with Crippen LogP contribution in [-0.2, 0) is 9.59 Å². The Kier molecular flexibility index (Phi) is 4.61. The van der Waals surface area contributed by atoms with Gasteiger partial charge in [-0.25, -0.2) is 9.18 Å². The van der Waals surface area contributed by atoms with Crippen LogP contribution in [0.1, 0.15) is 55.3 Å². The van der Waals surface area contributed by atoms with Crippen molar-refractivity contribution in [2.75, 3.05) is 11.4 Å². The highest BCUT2D eigenvalue weighted by Gasteiger charge is 2.48. The quantitative estimate of drug-likeness (QED) is 0.883. The van der Waals surface area contributed by atoms with Gasteiger partial charge in [0.05, 0.1) is 5.56 Å². The summed E-state index contributed by atoms with van der Waals surface area (Å²) in [5, 5.41) is 9.62. The number of hydrogen-bond acceptors (Lipinski definition) is 3. The smallest absolute Gasteiger partial charge is 0.326 e. The summed E-state index contributed by atoms with van der Waals surface area (Å²) in [6.07, 6.45) is 5.25. The molecule has 3 fully saturated rings. The highest BCUT2D eigenvalue weighted by atomic mass is 19.1. The molecule has 2 saturated heterocycles. The van der Waals surface area contributed by atoms with Crippen LogP contribution < -0.4 is 4.90 Å². The molecular formula is C20H23FN2O4. The van der Waals surface area contributed by atoms with Gasteiger partial charge in [-0.1, -0.05) is 12.8 Å². The molecule has 0 spiro atoms. The first-order valence-corrected chi connectivity index (χ1v) is 9.62. The molecular weight excluding hydrogens is 351 g/mol. The third-order valence-electron chi connectivity index (χ3n) is 6.17. The average Bonchev–Trinajstić information content (AvgIpc) is 3.25. The van der Waals surface area contributed by atoms with Gasteiger partial charge in [0.2, 0.25) is 5.91 Å². The largest absolute Gasteiger partial charge is 0.480 e. The fourth-order valence-corrected chi connectivity index (χ4v) is 4.88. The van der Waals surface area contributed by atoms with Crippen molar-refractivity contribution in [1.29, 1.82) is 0 Å². The third kappa shape index (κ3) is 3.09. The Morgan fingerprint density at radius 1 is 1.15 bits per heavy atom. The van der Waals surface area contributed by atoms with E-state index in [1.165, 1.54) is 23.1 Å². The molecule has 1 aliphatic carbocycles. The minimum Gasteiger partial charge on any atom is -0.480 e. The van der Waals surface area contributed by atoms with Gasteiger partial charge in [0.25, 0.3) is 5.91 Å². The number of carbonyl (C=O) groups is 3. The number of carbonyl (C=O) groups excluding carboxylic acids is 2. The monoisotopic (exact) mass is 374 g/mol. The highest BCUT2D eigenvalue weighted by molar-refractivity contribution is 6.00. The van der Waals surface area contributed by atoms with Crippen LogP contribution in [0.15, 0.2) is 18.2 Å². The Labute approximate surface area is 156 Å². The van der Waals surface area contributed by atoms with Crippen LogP contribution in [0.2, 0.25) is 0 Å². The fraction of sp³-hybridized carbons (Fsp3) is 0.550. The van der Waals surface area contributed by atoms with Crippen molar-refractivity contribution in [1.82, 2.24) is 4.90 Å². The van der Waals surface area contributed by atoms with Crippen molar-refractivity contribution in [3.63, 3.8) is 0 Å². The van der Waals surface area contributed by atoms with E-state index >= 15 is 0 Å². The molecule has 2 heterocycles. The van der Waals surface area contributed by atoms with Crippen LogP contribution in [0.25, 0.3) is 0 Å². The lowest BCUT2D eigenvalue weighted by molar-refractivity contribution is -0.141. The Morgan fingerprint density at radius 3 is 2.63 bits per heavy atom. The molecule has 2 amide bonds.